The van der Waals surface area contributed by atoms with E-state index in [2.05, 4.69) is 20.6 Å². The summed E-state index contributed by atoms with van der Waals surface area (Å²) < 4.78 is 31.0. The van der Waals surface area contributed by atoms with Crippen LogP contribution in [0.5, 0.6) is 11.6 Å². The third-order valence-corrected chi connectivity index (χ3v) is 8.17. The Morgan fingerprint density at radius 2 is 1.62 bits per heavy atom. The van der Waals surface area contributed by atoms with Crippen LogP contribution < -0.4 is 15.4 Å². The zero-order valence-corrected chi connectivity index (χ0v) is 22.1. The van der Waals surface area contributed by atoms with E-state index in [1.54, 1.807) is 62.5 Å². The maximum absolute atomic E-state index is 12.9. The molecule has 0 saturated carbocycles. The van der Waals surface area contributed by atoms with E-state index in [4.69, 9.17) is 4.74 Å². The van der Waals surface area contributed by atoms with Crippen LogP contribution >= 0.6 is 0 Å². The van der Waals surface area contributed by atoms with Crippen molar-refractivity contribution >= 4 is 43.8 Å². The topological polar surface area (TPSA) is 110 Å². The van der Waals surface area contributed by atoms with Crippen LogP contribution in [-0.2, 0) is 9.84 Å². The summed E-state index contributed by atoms with van der Waals surface area (Å²) in [6, 6.07) is 28.4. The molecule has 0 atom stereocenters. The van der Waals surface area contributed by atoms with E-state index in [0.29, 0.717) is 22.9 Å². The molecule has 1 aromatic heterocycles. The molecule has 0 aliphatic heterocycles. The molecular weight excluding hydrogens is 512 g/mol. The third-order valence-electron chi connectivity index (χ3n) is 6.02. The first kappa shape index (κ1) is 25.9. The lowest BCUT2D eigenvalue weighted by Gasteiger charge is -2.12. The number of carbonyl (C=O) groups is 1. The fraction of sp³-hybridized carbons (Fsp3) is 0.100. The molecule has 0 spiro atoms. The van der Waals surface area contributed by atoms with E-state index in [1.807, 2.05) is 54.6 Å². The lowest BCUT2D eigenvalue weighted by atomic mass is 10.0. The monoisotopic (exact) mass is 538 g/mol. The first-order chi connectivity index (χ1) is 18.8. The summed E-state index contributed by atoms with van der Waals surface area (Å²) >= 11 is 0. The molecule has 1 heterocycles. The molecule has 0 radical (unpaired) electrons. The van der Waals surface area contributed by atoms with Crippen molar-refractivity contribution in [3.05, 3.63) is 109 Å². The maximum Gasteiger partial charge on any atom is 0.256 e. The highest BCUT2D eigenvalue weighted by molar-refractivity contribution is 7.92. The summed E-state index contributed by atoms with van der Waals surface area (Å²) in [5, 5.41) is 7.06. The first-order valence-electron chi connectivity index (χ1n) is 12.3. The third kappa shape index (κ3) is 5.89. The maximum atomic E-state index is 12.9. The van der Waals surface area contributed by atoms with Gasteiger partial charge in [0.15, 0.2) is 9.84 Å². The molecule has 5 rings (SSSR count). The van der Waals surface area contributed by atoms with Crippen LogP contribution in [-0.4, -0.2) is 29.5 Å². The van der Waals surface area contributed by atoms with Gasteiger partial charge in [-0.2, -0.15) is 4.98 Å². The van der Waals surface area contributed by atoms with E-state index in [-0.39, 0.29) is 16.8 Å². The number of ether oxygens (including phenoxy) is 1. The largest absolute Gasteiger partial charge is 0.439 e. The number of rotatable bonds is 8. The molecule has 0 aliphatic rings. The van der Waals surface area contributed by atoms with Crippen molar-refractivity contribution in [3.63, 3.8) is 0 Å². The Bertz CT molecular complexity index is 1760. The van der Waals surface area contributed by atoms with Crippen molar-refractivity contribution in [1.82, 2.24) is 9.97 Å². The molecule has 0 unspecified atom stereocenters. The fourth-order valence-electron chi connectivity index (χ4n) is 3.98. The summed E-state index contributed by atoms with van der Waals surface area (Å²) in [5.41, 5.74) is 1.82. The quantitative estimate of drug-likeness (QED) is 0.229. The van der Waals surface area contributed by atoms with Crippen LogP contribution in [0.1, 0.15) is 24.2 Å². The van der Waals surface area contributed by atoms with Crippen LogP contribution in [0.4, 0.5) is 17.3 Å². The number of amides is 1. The van der Waals surface area contributed by atoms with Crippen molar-refractivity contribution in [3.8, 4) is 11.6 Å². The second-order valence-electron chi connectivity index (χ2n) is 9.08. The smallest absolute Gasteiger partial charge is 0.256 e. The van der Waals surface area contributed by atoms with E-state index in [1.165, 1.54) is 0 Å². The van der Waals surface area contributed by atoms with Gasteiger partial charge in [-0.15, -0.1) is 0 Å². The van der Waals surface area contributed by atoms with Crippen molar-refractivity contribution in [2.45, 2.75) is 24.0 Å². The second kappa shape index (κ2) is 10.9. The number of benzene rings is 4. The van der Waals surface area contributed by atoms with Gasteiger partial charge in [-0.25, -0.2) is 13.4 Å². The number of hydrogen-bond donors (Lipinski definition) is 2. The highest BCUT2D eigenvalue weighted by Crippen LogP contribution is 2.28. The Hall–Kier alpha value is -4.76. The number of fused-ring (bicyclic) bond motifs is 1. The van der Waals surface area contributed by atoms with Crippen LogP contribution in [0, 0.1) is 0 Å². The molecule has 0 fully saturated rings. The normalized spacial score (nSPS) is 11.4. The number of anilines is 3. The molecule has 9 heteroatoms. The van der Waals surface area contributed by atoms with Gasteiger partial charge in [0.25, 0.3) is 5.91 Å². The highest BCUT2D eigenvalue weighted by Gasteiger charge is 2.19. The fourth-order valence-corrected chi connectivity index (χ4v) is 5.08. The van der Waals surface area contributed by atoms with Gasteiger partial charge in [0.05, 0.1) is 10.1 Å². The predicted molar refractivity (Wildman–Crippen MR) is 152 cm³/mol. The number of sulfone groups is 1. The molecule has 4 aromatic carbocycles. The lowest BCUT2D eigenvalue weighted by Crippen LogP contribution is -2.14. The van der Waals surface area contributed by atoms with Gasteiger partial charge in [0.1, 0.15) is 5.75 Å². The van der Waals surface area contributed by atoms with Crippen LogP contribution in [0.3, 0.4) is 0 Å². The molecule has 0 saturated heterocycles. The van der Waals surface area contributed by atoms with Gasteiger partial charge in [0, 0.05) is 29.2 Å². The van der Waals surface area contributed by atoms with Crippen LogP contribution in [0.25, 0.3) is 10.8 Å². The van der Waals surface area contributed by atoms with Crippen LogP contribution in [0.15, 0.2) is 108 Å². The van der Waals surface area contributed by atoms with Gasteiger partial charge in [0.2, 0.25) is 11.8 Å². The molecule has 1 amide bonds. The number of nitrogens with one attached hydrogen (secondary N) is 2. The molecular formula is C30H26N4O4S. The Kier molecular flexibility index (Phi) is 7.25. The summed E-state index contributed by atoms with van der Waals surface area (Å²) in [7, 11) is -3.41. The van der Waals surface area contributed by atoms with Crippen molar-refractivity contribution in [2.75, 3.05) is 10.6 Å². The number of nitrogens with zero attached hydrogens (tertiary/aromatic N) is 2. The van der Waals surface area contributed by atoms with E-state index < -0.39 is 15.1 Å². The van der Waals surface area contributed by atoms with E-state index in [9.17, 15) is 13.2 Å². The van der Waals surface area contributed by atoms with Gasteiger partial charge < -0.3 is 15.4 Å². The average Bonchev–Trinajstić information content (AvgIpc) is 2.93. The number of carbonyl (C=O) groups excluding carboxylic acids is 1. The Morgan fingerprint density at radius 3 is 2.41 bits per heavy atom. The zero-order chi connectivity index (χ0) is 27.4. The molecule has 2 N–H and O–H groups in total. The highest BCUT2D eigenvalue weighted by atomic mass is 32.2. The number of hydrogen-bond acceptors (Lipinski definition) is 7. The Labute approximate surface area is 226 Å². The minimum absolute atomic E-state index is 0.197. The summed E-state index contributed by atoms with van der Waals surface area (Å²) in [4.78, 5) is 21.8. The average molecular weight is 539 g/mol. The SMILES string of the molecule is CC(C)S(=O)(=O)c1cccc(Nc2nccc(Oc3ccc4c(C(=O)Nc5ccccc5)cccc4c3)n2)c1. The summed E-state index contributed by atoms with van der Waals surface area (Å²) in [6.07, 6.45) is 1.55. The zero-order valence-electron chi connectivity index (χ0n) is 21.3. The number of aromatic nitrogens is 2. The van der Waals surface area contributed by atoms with Crippen molar-refractivity contribution in [1.29, 1.82) is 0 Å². The van der Waals surface area contributed by atoms with Crippen molar-refractivity contribution < 1.29 is 17.9 Å². The van der Waals surface area contributed by atoms with Crippen LogP contribution in [0.2, 0.25) is 0 Å². The summed E-state index contributed by atoms with van der Waals surface area (Å²) in [5.74, 6) is 0.901. The van der Waals surface area contributed by atoms with Gasteiger partial charge >= 0.3 is 0 Å². The molecule has 8 nitrogen and oxygen atoms in total. The first-order valence-corrected chi connectivity index (χ1v) is 13.9. The number of para-hydroxylation sites is 1. The van der Waals surface area contributed by atoms with Gasteiger partial charge in [-0.05, 0) is 79.2 Å². The second-order valence-corrected chi connectivity index (χ2v) is 11.6. The molecule has 0 bridgehead atoms. The minimum atomic E-state index is -3.41. The molecule has 196 valence electrons. The summed E-state index contributed by atoms with van der Waals surface area (Å²) in [6.45, 7) is 3.29. The minimum Gasteiger partial charge on any atom is -0.439 e. The van der Waals surface area contributed by atoms with Crippen molar-refractivity contribution in [2.24, 2.45) is 0 Å². The molecule has 5 aromatic rings. The molecule has 0 aliphatic carbocycles. The van der Waals surface area contributed by atoms with E-state index >= 15 is 0 Å². The molecule has 39 heavy (non-hydrogen) atoms. The van der Waals surface area contributed by atoms with Gasteiger partial charge in [-0.1, -0.05) is 36.4 Å². The van der Waals surface area contributed by atoms with Gasteiger partial charge in [-0.3, -0.25) is 4.79 Å². The predicted octanol–water partition coefficient (Wildman–Crippen LogP) is 6.60. The van der Waals surface area contributed by atoms with E-state index in [0.717, 1.165) is 16.5 Å². The Morgan fingerprint density at radius 1 is 0.846 bits per heavy atom. The standard InChI is InChI=1S/C30H26N4O4S/c1-20(2)39(36,37)25-12-7-11-23(19-25)33-30-31-17-16-28(34-30)38-24-14-15-26-21(18-24)8-6-13-27(26)29(35)32-22-9-4-3-5-10-22/h3-20H,1-2H3,(H,32,35)(H,31,33,34). The Balaban J connectivity index is 1.34. The lowest BCUT2D eigenvalue weighted by molar-refractivity contribution is 0.102.